The van der Waals surface area contributed by atoms with Crippen LogP contribution in [0.5, 0.6) is 0 Å². The molecule has 1 aliphatic rings. The van der Waals surface area contributed by atoms with Crippen molar-refractivity contribution in [3.63, 3.8) is 0 Å². The smallest absolute Gasteiger partial charge is 0.0606 e. The van der Waals surface area contributed by atoms with Crippen LogP contribution in [0.1, 0.15) is 57.8 Å². The highest BCUT2D eigenvalue weighted by Crippen LogP contribution is 2.19. The minimum atomic E-state index is 0.469. The van der Waals surface area contributed by atoms with Crippen LogP contribution < -0.4 is 0 Å². The average molecular weight is 196 g/mol. The summed E-state index contributed by atoms with van der Waals surface area (Å²) < 4.78 is 5.79. The number of rotatable bonds is 7. The molecule has 0 aromatic carbocycles. The van der Waals surface area contributed by atoms with Gasteiger partial charge in [0.15, 0.2) is 0 Å². The van der Waals surface area contributed by atoms with Gasteiger partial charge in [0.1, 0.15) is 0 Å². The summed E-state index contributed by atoms with van der Waals surface area (Å²) in [5.74, 6) is 0. The van der Waals surface area contributed by atoms with Crippen molar-refractivity contribution < 1.29 is 4.74 Å². The van der Waals surface area contributed by atoms with E-state index in [0.717, 1.165) is 13.0 Å². The lowest BCUT2D eigenvalue weighted by Gasteiger charge is -2.21. The monoisotopic (exact) mass is 196 g/mol. The van der Waals surface area contributed by atoms with Crippen LogP contribution in [0.4, 0.5) is 0 Å². The average Bonchev–Trinajstić information content (AvgIpc) is 2.25. The van der Waals surface area contributed by atoms with Gasteiger partial charge in [-0.1, -0.05) is 45.4 Å². The molecule has 1 fully saturated rings. The molecule has 1 nitrogen and oxygen atoms in total. The first-order valence-electron chi connectivity index (χ1n) is 6.17. The fourth-order valence-corrected chi connectivity index (χ4v) is 1.93. The van der Waals surface area contributed by atoms with Gasteiger partial charge in [0.25, 0.3) is 0 Å². The molecule has 0 amide bonds. The highest BCUT2D eigenvalue weighted by molar-refractivity contribution is 4.81. The molecule has 1 saturated carbocycles. The van der Waals surface area contributed by atoms with E-state index >= 15 is 0 Å². The molecule has 2 radical (unpaired) electrons. The number of hydrogen-bond acceptors (Lipinski definition) is 1. The Hall–Kier alpha value is -0.0400. The summed E-state index contributed by atoms with van der Waals surface area (Å²) in [5, 5.41) is 0. The maximum atomic E-state index is 5.79. The Bertz CT molecular complexity index is 116. The summed E-state index contributed by atoms with van der Waals surface area (Å²) in [7, 11) is 0. The van der Waals surface area contributed by atoms with E-state index in [1.807, 2.05) is 0 Å². The first-order chi connectivity index (χ1) is 6.93. The molecule has 1 heteroatoms. The third kappa shape index (κ3) is 5.64. The molecule has 0 N–H and O–H groups in total. The minimum absolute atomic E-state index is 0.469. The van der Waals surface area contributed by atoms with Crippen LogP contribution in [-0.4, -0.2) is 12.7 Å². The van der Waals surface area contributed by atoms with Gasteiger partial charge < -0.3 is 4.74 Å². The quantitative estimate of drug-likeness (QED) is 0.560. The van der Waals surface area contributed by atoms with Gasteiger partial charge in [-0.2, -0.15) is 0 Å². The van der Waals surface area contributed by atoms with Gasteiger partial charge in [-0.05, 0) is 25.7 Å². The molecular weight excluding hydrogens is 172 g/mol. The summed E-state index contributed by atoms with van der Waals surface area (Å²) in [6.45, 7) is 4.80. The maximum Gasteiger partial charge on any atom is 0.0606 e. The fourth-order valence-electron chi connectivity index (χ4n) is 1.93. The number of ether oxygens (including phenoxy) is 1. The second-order valence-corrected chi connectivity index (χ2v) is 4.20. The van der Waals surface area contributed by atoms with Gasteiger partial charge in [0, 0.05) is 6.61 Å². The summed E-state index contributed by atoms with van der Waals surface area (Å²) in [5.41, 5.74) is 0. The topological polar surface area (TPSA) is 9.23 Å². The van der Waals surface area contributed by atoms with Crippen LogP contribution in [-0.2, 0) is 4.74 Å². The van der Waals surface area contributed by atoms with Crippen LogP contribution >= 0.6 is 0 Å². The molecule has 0 spiro atoms. The van der Waals surface area contributed by atoms with Gasteiger partial charge in [-0.3, -0.25) is 0 Å². The number of unbranched alkanes of at least 4 members (excludes halogenated alkanes) is 4. The maximum absolute atomic E-state index is 5.79. The Kier molecular flexibility index (Phi) is 7.12. The van der Waals surface area contributed by atoms with Gasteiger partial charge >= 0.3 is 0 Å². The fraction of sp³-hybridized carbons (Fsp3) is 0.846. The molecule has 0 aromatic heterocycles. The molecule has 0 saturated heterocycles. The molecule has 0 heterocycles. The van der Waals surface area contributed by atoms with E-state index < -0.39 is 0 Å². The Labute approximate surface area is 89.2 Å². The van der Waals surface area contributed by atoms with Crippen LogP contribution in [0.3, 0.4) is 0 Å². The lowest BCUT2D eigenvalue weighted by molar-refractivity contribution is 0.0549. The second-order valence-electron chi connectivity index (χ2n) is 4.20. The second kappa shape index (κ2) is 8.28. The van der Waals surface area contributed by atoms with Crippen molar-refractivity contribution in [1.82, 2.24) is 0 Å². The Morgan fingerprint density at radius 2 is 2.00 bits per heavy atom. The van der Waals surface area contributed by atoms with Crippen LogP contribution in [0.25, 0.3) is 0 Å². The highest BCUT2D eigenvalue weighted by Gasteiger charge is 2.13. The molecule has 14 heavy (non-hydrogen) atoms. The zero-order chi connectivity index (χ0) is 10.1. The van der Waals surface area contributed by atoms with Gasteiger partial charge in [0.2, 0.25) is 0 Å². The predicted molar refractivity (Wildman–Crippen MR) is 61.0 cm³/mol. The van der Waals surface area contributed by atoms with Crippen molar-refractivity contribution in [2.24, 2.45) is 0 Å². The Morgan fingerprint density at radius 3 is 2.71 bits per heavy atom. The van der Waals surface area contributed by atoms with Crippen LogP contribution in [0, 0.1) is 13.3 Å². The van der Waals surface area contributed by atoms with Crippen LogP contribution in [0.15, 0.2) is 0 Å². The first kappa shape index (κ1) is 12.0. The van der Waals surface area contributed by atoms with E-state index in [-0.39, 0.29) is 0 Å². The van der Waals surface area contributed by atoms with E-state index in [9.17, 15) is 0 Å². The standard InChI is InChI=1S/C13H24O/c1-2-3-4-5-9-12-14-13-10-7-6-8-11-13/h10,13H,1-9,11-12H2. The summed E-state index contributed by atoms with van der Waals surface area (Å²) >= 11 is 0. The van der Waals surface area contributed by atoms with Crippen molar-refractivity contribution in [3.8, 4) is 0 Å². The van der Waals surface area contributed by atoms with Crippen LogP contribution in [0.2, 0.25) is 0 Å². The molecular formula is C13H24O. The third-order valence-corrected chi connectivity index (χ3v) is 2.85. The molecule has 0 aliphatic heterocycles. The molecule has 0 bridgehead atoms. The van der Waals surface area contributed by atoms with Gasteiger partial charge in [-0.15, -0.1) is 0 Å². The van der Waals surface area contributed by atoms with E-state index in [0.29, 0.717) is 6.10 Å². The molecule has 1 atom stereocenters. The molecule has 1 rings (SSSR count). The first-order valence-corrected chi connectivity index (χ1v) is 6.17. The predicted octanol–water partition coefficient (Wildman–Crippen LogP) is 3.93. The van der Waals surface area contributed by atoms with Gasteiger partial charge in [-0.25, -0.2) is 0 Å². The number of hydrogen-bond donors (Lipinski definition) is 0. The summed E-state index contributed by atoms with van der Waals surface area (Å²) in [6, 6.07) is 0. The molecule has 0 aromatic rings. The Morgan fingerprint density at radius 1 is 1.14 bits per heavy atom. The van der Waals surface area contributed by atoms with Gasteiger partial charge in [0.05, 0.1) is 6.10 Å². The largest absolute Gasteiger partial charge is 0.378 e. The lowest BCUT2D eigenvalue weighted by atomic mass is 9.98. The zero-order valence-electron chi connectivity index (χ0n) is 9.34. The Balaban J connectivity index is 1.82. The van der Waals surface area contributed by atoms with E-state index in [1.165, 1.54) is 51.4 Å². The van der Waals surface area contributed by atoms with Crippen molar-refractivity contribution in [2.45, 2.75) is 63.9 Å². The van der Waals surface area contributed by atoms with Crippen molar-refractivity contribution in [2.75, 3.05) is 6.61 Å². The normalized spacial score (nSPS) is 18.6. The minimum Gasteiger partial charge on any atom is -0.378 e. The molecule has 82 valence electrons. The van der Waals surface area contributed by atoms with E-state index in [1.54, 1.807) is 0 Å². The van der Waals surface area contributed by atoms with E-state index in [4.69, 9.17) is 4.74 Å². The zero-order valence-corrected chi connectivity index (χ0v) is 9.34. The molecule has 1 unspecified atom stereocenters. The highest BCUT2D eigenvalue weighted by atomic mass is 16.5. The SMILES string of the molecule is [CH2]CCCCCCOC1[CH]CCCC1. The molecule has 1 aliphatic carbocycles. The van der Waals surface area contributed by atoms with Crippen molar-refractivity contribution in [1.29, 1.82) is 0 Å². The lowest BCUT2D eigenvalue weighted by Crippen LogP contribution is -2.17. The van der Waals surface area contributed by atoms with Crippen molar-refractivity contribution >= 4 is 0 Å². The van der Waals surface area contributed by atoms with E-state index in [2.05, 4.69) is 13.3 Å². The summed E-state index contributed by atoms with van der Waals surface area (Å²) in [4.78, 5) is 0. The summed E-state index contributed by atoms with van der Waals surface area (Å²) in [6.07, 6.45) is 14.2. The van der Waals surface area contributed by atoms with Crippen molar-refractivity contribution in [3.05, 3.63) is 13.3 Å². The third-order valence-electron chi connectivity index (χ3n) is 2.85.